The van der Waals surface area contributed by atoms with Crippen LogP contribution in [0, 0.1) is 11.6 Å². The SMILES string of the molecule is CN1CCCc2cc(C(CNC(=O)c3c(F)cccc3F)N3CCCCC3)ccc21. The minimum Gasteiger partial charge on any atom is -0.374 e. The quantitative estimate of drug-likeness (QED) is 0.794. The molecule has 2 aromatic carbocycles. The van der Waals surface area contributed by atoms with Gasteiger partial charge in [-0.3, -0.25) is 9.69 Å². The maximum Gasteiger partial charge on any atom is 0.257 e. The van der Waals surface area contributed by atoms with Crippen molar-refractivity contribution in [3.05, 3.63) is 64.7 Å². The molecule has 6 heteroatoms. The molecule has 4 rings (SSSR count). The number of benzene rings is 2. The third-order valence-electron chi connectivity index (χ3n) is 6.32. The van der Waals surface area contributed by atoms with Gasteiger partial charge in [-0.05, 0) is 68.1 Å². The van der Waals surface area contributed by atoms with Crippen molar-refractivity contribution in [2.45, 2.75) is 38.1 Å². The number of carbonyl (C=O) groups excluding carboxylic acids is 1. The molecular formula is C24H29F2N3O. The number of anilines is 1. The Labute approximate surface area is 176 Å². The molecule has 1 saturated heterocycles. The van der Waals surface area contributed by atoms with Gasteiger partial charge in [0.1, 0.15) is 17.2 Å². The first-order valence-electron chi connectivity index (χ1n) is 10.8. The molecule has 4 nitrogen and oxygen atoms in total. The number of nitrogens with zero attached hydrogens (tertiary/aromatic N) is 2. The molecule has 2 heterocycles. The maximum absolute atomic E-state index is 14.0. The van der Waals surface area contributed by atoms with Gasteiger partial charge in [0.25, 0.3) is 5.91 Å². The van der Waals surface area contributed by atoms with Gasteiger partial charge in [-0.2, -0.15) is 0 Å². The lowest BCUT2D eigenvalue weighted by atomic mass is 9.95. The number of likely N-dealkylation sites (tertiary alicyclic amines) is 1. The van der Waals surface area contributed by atoms with E-state index >= 15 is 0 Å². The van der Waals surface area contributed by atoms with Gasteiger partial charge >= 0.3 is 0 Å². The van der Waals surface area contributed by atoms with E-state index in [1.807, 2.05) is 0 Å². The number of nitrogens with one attached hydrogen (secondary N) is 1. The molecule has 0 aliphatic carbocycles. The highest BCUT2D eigenvalue weighted by molar-refractivity contribution is 5.94. The summed E-state index contributed by atoms with van der Waals surface area (Å²) in [4.78, 5) is 17.2. The lowest BCUT2D eigenvalue weighted by molar-refractivity contribution is 0.0916. The number of aryl methyl sites for hydroxylation is 1. The predicted octanol–water partition coefficient (Wildman–Crippen LogP) is 4.30. The van der Waals surface area contributed by atoms with Gasteiger partial charge in [0.2, 0.25) is 0 Å². The second kappa shape index (κ2) is 9.13. The summed E-state index contributed by atoms with van der Waals surface area (Å²) in [6.45, 7) is 3.31. The Morgan fingerprint density at radius 1 is 1.03 bits per heavy atom. The summed E-state index contributed by atoms with van der Waals surface area (Å²) in [6.07, 6.45) is 5.64. The molecule has 0 saturated carbocycles. The highest BCUT2D eigenvalue weighted by atomic mass is 19.1. The van der Waals surface area contributed by atoms with Crippen LogP contribution in [0.3, 0.4) is 0 Å². The number of carbonyl (C=O) groups is 1. The van der Waals surface area contributed by atoms with Crippen molar-refractivity contribution in [2.75, 3.05) is 38.1 Å². The molecule has 1 unspecified atom stereocenters. The number of amides is 1. The Morgan fingerprint density at radius 3 is 2.50 bits per heavy atom. The Morgan fingerprint density at radius 2 is 1.77 bits per heavy atom. The number of hydrogen-bond donors (Lipinski definition) is 1. The summed E-state index contributed by atoms with van der Waals surface area (Å²) in [7, 11) is 2.11. The zero-order valence-corrected chi connectivity index (χ0v) is 17.5. The molecule has 30 heavy (non-hydrogen) atoms. The lowest BCUT2D eigenvalue weighted by Crippen LogP contribution is -2.41. The van der Waals surface area contributed by atoms with E-state index in [0.717, 1.165) is 63.0 Å². The molecule has 1 N–H and O–H groups in total. The van der Waals surface area contributed by atoms with Gasteiger partial charge in [0.05, 0.1) is 6.04 Å². The third kappa shape index (κ3) is 4.33. The van der Waals surface area contributed by atoms with Gasteiger partial charge in [0, 0.05) is 25.8 Å². The smallest absolute Gasteiger partial charge is 0.257 e. The molecule has 0 bridgehead atoms. The van der Waals surface area contributed by atoms with Crippen molar-refractivity contribution in [3.63, 3.8) is 0 Å². The monoisotopic (exact) mass is 413 g/mol. The normalized spacial score (nSPS) is 18.0. The van der Waals surface area contributed by atoms with Crippen molar-refractivity contribution >= 4 is 11.6 Å². The maximum atomic E-state index is 14.0. The van der Waals surface area contributed by atoms with Crippen molar-refractivity contribution in [1.29, 1.82) is 0 Å². The van der Waals surface area contributed by atoms with Crippen LogP contribution in [0.4, 0.5) is 14.5 Å². The van der Waals surface area contributed by atoms with E-state index in [2.05, 4.69) is 40.4 Å². The van der Waals surface area contributed by atoms with Gasteiger partial charge in [0.15, 0.2) is 0 Å². The zero-order valence-electron chi connectivity index (χ0n) is 17.5. The van der Waals surface area contributed by atoms with Crippen molar-refractivity contribution in [1.82, 2.24) is 10.2 Å². The molecule has 1 fully saturated rings. The second-order valence-corrected chi connectivity index (χ2v) is 8.33. The Kier molecular flexibility index (Phi) is 6.32. The molecule has 2 aliphatic rings. The van der Waals surface area contributed by atoms with Crippen LogP contribution in [0.1, 0.15) is 53.2 Å². The Hall–Kier alpha value is -2.47. The summed E-state index contributed by atoms with van der Waals surface area (Å²) < 4.78 is 28.0. The average Bonchev–Trinajstić information content (AvgIpc) is 2.75. The number of fused-ring (bicyclic) bond motifs is 1. The second-order valence-electron chi connectivity index (χ2n) is 8.33. The van der Waals surface area contributed by atoms with Crippen LogP contribution in [0.25, 0.3) is 0 Å². The third-order valence-corrected chi connectivity index (χ3v) is 6.32. The molecule has 2 aromatic rings. The fraction of sp³-hybridized carbons (Fsp3) is 0.458. The summed E-state index contributed by atoms with van der Waals surface area (Å²) in [5.74, 6) is -2.37. The van der Waals surface area contributed by atoms with E-state index < -0.39 is 23.1 Å². The first kappa shape index (κ1) is 20.8. The Balaban J connectivity index is 1.57. The summed E-state index contributed by atoms with van der Waals surface area (Å²) in [5.41, 5.74) is 3.23. The van der Waals surface area contributed by atoms with E-state index in [4.69, 9.17) is 0 Å². The highest BCUT2D eigenvalue weighted by Gasteiger charge is 2.26. The molecule has 160 valence electrons. The minimum atomic E-state index is -0.834. The van der Waals surface area contributed by atoms with Crippen LogP contribution in [0.15, 0.2) is 36.4 Å². The van der Waals surface area contributed by atoms with E-state index in [1.165, 1.54) is 23.7 Å². The first-order chi connectivity index (χ1) is 14.5. The van der Waals surface area contributed by atoms with E-state index in [0.29, 0.717) is 6.54 Å². The van der Waals surface area contributed by atoms with Crippen LogP contribution in [-0.2, 0) is 6.42 Å². The Bertz CT molecular complexity index is 891. The van der Waals surface area contributed by atoms with Crippen LogP contribution < -0.4 is 10.2 Å². The molecule has 0 aromatic heterocycles. The summed E-state index contributed by atoms with van der Waals surface area (Å²) in [5, 5.41) is 2.79. The van der Waals surface area contributed by atoms with Gasteiger partial charge in [-0.15, -0.1) is 0 Å². The van der Waals surface area contributed by atoms with E-state index in [9.17, 15) is 13.6 Å². The summed E-state index contributed by atoms with van der Waals surface area (Å²) >= 11 is 0. The average molecular weight is 414 g/mol. The van der Waals surface area contributed by atoms with Gasteiger partial charge in [-0.1, -0.05) is 24.6 Å². The van der Waals surface area contributed by atoms with Gasteiger partial charge < -0.3 is 10.2 Å². The number of rotatable bonds is 5. The largest absolute Gasteiger partial charge is 0.374 e. The lowest BCUT2D eigenvalue weighted by Gasteiger charge is -2.36. The number of halogens is 2. The molecule has 1 amide bonds. The van der Waals surface area contributed by atoms with Crippen LogP contribution in [-0.4, -0.2) is 44.0 Å². The van der Waals surface area contributed by atoms with Crippen molar-refractivity contribution < 1.29 is 13.6 Å². The first-order valence-corrected chi connectivity index (χ1v) is 10.8. The zero-order chi connectivity index (χ0) is 21.1. The van der Waals surface area contributed by atoms with Gasteiger partial charge in [-0.25, -0.2) is 8.78 Å². The molecule has 0 radical (unpaired) electrons. The fourth-order valence-electron chi connectivity index (χ4n) is 4.69. The molecule has 1 atom stereocenters. The van der Waals surface area contributed by atoms with E-state index in [-0.39, 0.29) is 6.04 Å². The minimum absolute atomic E-state index is 0.0124. The van der Waals surface area contributed by atoms with Crippen LogP contribution in [0.5, 0.6) is 0 Å². The van der Waals surface area contributed by atoms with Crippen LogP contribution >= 0.6 is 0 Å². The predicted molar refractivity (Wildman–Crippen MR) is 115 cm³/mol. The summed E-state index contributed by atoms with van der Waals surface area (Å²) in [6, 6.07) is 10.0. The van der Waals surface area contributed by atoms with E-state index in [1.54, 1.807) is 0 Å². The molecule has 2 aliphatic heterocycles. The standard InChI is InChI=1S/C24H29F2N3O/c1-28-12-6-7-17-15-18(10-11-21(17)28)22(29-13-3-2-4-14-29)16-27-24(30)23-19(25)8-5-9-20(23)26/h5,8-11,15,22H,2-4,6-7,12-14,16H2,1H3,(H,27,30). The topological polar surface area (TPSA) is 35.6 Å². The fourth-order valence-corrected chi connectivity index (χ4v) is 4.69. The molecule has 0 spiro atoms. The highest BCUT2D eigenvalue weighted by Crippen LogP contribution is 2.31. The van der Waals surface area contributed by atoms with Crippen molar-refractivity contribution in [2.24, 2.45) is 0 Å². The number of hydrogen-bond acceptors (Lipinski definition) is 3. The number of piperidine rings is 1. The van der Waals surface area contributed by atoms with Crippen LogP contribution in [0.2, 0.25) is 0 Å². The molecular weight excluding hydrogens is 384 g/mol. The van der Waals surface area contributed by atoms with Crippen molar-refractivity contribution in [3.8, 4) is 0 Å².